The van der Waals surface area contributed by atoms with Gasteiger partial charge < -0.3 is 4.90 Å². The van der Waals surface area contributed by atoms with Crippen LogP contribution in [0.15, 0.2) is 42.5 Å². The van der Waals surface area contributed by atoms with Gasteiger partial charge in [0, 0.05) is 13.6 Å². The van der Waals surface area contributed by atoms with Crippen LogP contribution in [0.25, 0.3) is 11.0 Å². The molecule has 0 N–H and O–H groups in total. The van der Waals surface area contributed by atoms with Gasteiger partial charge in [0.25, 0.3) is 0 Å². The molecule has 2 heterocycles. The second kappa shape index (κ2) is 8.32. The highest BCUT2D eigenvalue weighted by Gasteiger charge is 2.31. The van der Waals surface area contributed by atoms with Crippen LogP contribution < -0.4 is 0 Å². The number of carbonyl (C=O) groups is 1. The lowest BCUT2D eigenvalue weighted by molar-refractivity contribution is -0.137. The second-order valence-corrected chi connectivity index (χ2v) is 7.86. The Bertz CT molecular complexity index is 952. The van der Waals surface area contributed by atoms with E-state index >= 15 is 0 Å². The zero-order valence-electron chi connectivity index (χ0n) is 15.8. The topological polar surface area (TPSA) is 49.3 Å². The molecule has 1 atom stereocenters. The highest BCUT2D eigenvalue weighted by molar-refractivity contribution is 7.00. The maximum atomic E-state index is 13.4. The molecular weight excluding hydrogens is 375 g/mol. The first kappa shape index (κ1) is 19.0. The number of halogens is 1. The molecule has 1 aliphatic heterocycles. The van der Waals surface area contributed by atoms with E-state index in [-0.39, 0.29) is 17.8 Å². The Hall–Kier alpha value is -2.38. The third kappa shape index (κ3) is 4.05. The summed E-state index contributed by atoms with van der Waals surface area (Å²) in [6.45, 7) is 2.27. The van der Waals surface area contributed by atoms with Gasteiger partial charge in [0.2, 0.25) is 5.91 Å². The molecule has 146 valence electrons. The Morgan fingerprint density at radius 3 is 2.57 bits per heavy atom. The quantitative estimate of drug-likeness (QED) is 0.651. The van der Waals surface area contributed by atoms with Crippen LogP contribution in [-0.2, 0) is 11.3 Å². The van der Waals surface area contributed by atoms with Gasteiger partial charge in [-0.2, -0.15) is 8.75 Å². The molecule has 1 aromatic heterocycles. The molecule has 1 fully saturated rings. The Balaban J connectivity index is 1.57. The Morgan fingerprint density at radius 2 is 1.82 bits per heavy atom. The summed E-state index contributed by atoms with van der Waals surface area (Å²) in [7, 11) is 1.83. The fourth-order valence-corrected chi connectivity index (χ4v) is 4.34. The smallest absolute Gasteiger partial charge is 0.244 e. The summed E-state index contributed by atoms with van der Waals surface area (Å²) >= 11 is 1.19. The normalized spacial score (nSPS) is 16.2. The molecule has 4 rings (SSSR count). The maximum absolute atomic E-state index is 13.4. The number of aromatic nitrogens is 2. The number of fused-ring (bicyclic) bond motifs is 1. The van der Waals surface area contributed by atoms with Gasteiger partial charge in [-0.1, -0.05) is 24.6 Å². The van der Waals surface area contributed by atoms with Crippen molar-refractivity contribution < 1.29 is 9.18 Å². The van der Waals surface area contributed by atoms with Crippen LogP contribution >= 0.6 is 11.7 Å². The molecule has 3 aromatic rings. The van der Waals surface area contributed by atoms with E-state index in [2.05, 4.69) is 13.6 Å². The number of hydrogen-bond acceptors (Lipinski definition) is 5. The van der Waals surface area contributed by atoms with E-state index in [1.807, 2.05) is 25.2 Å². The minimum atomic E-state index is -0.379. The molecular formula is C21H23FN4OS. The van der Waals surface area contributed by atoms with Crippen LogP contribution in [0.4, 0.5) is 4.39 Å². The van der Waals surface area contributed by atoms with E-state index in [4.69, 9.17) is 0 Å². The summed E-state index contributed by atoms with van der Waals surface area (Å²) in [5, 5.41) is 0. The van der Waals surface area contributed by atoms with Crippen LogP contribution in [-0.4, -0.2) is 44.6 Å². The predicted molar refractivity (Wildman–Crippen MR) is 108 cm³/mol. The fraction of sp³-hybridized carbons (Fsp3) is 0.381. The molecule has 28 heavy (non-hydrogen) atoms. The molecule has 1 aliphatic rings. The molecule has 2 aromatic carbocycles. The highest BCUT2D eigenvalue weighted by atomic mass is 32.1. The lowest BCUT2D eigenvalue weighted by Crippen LogP contribution is -2.43. The van der Waals surface area contributed by atoms with Crippen molar-refractivity contribution in [3.63, 3.8) is 0 Å². The summed E-state index contributed by atoms with van der Waals surface area (Å²) in [6.07, 6.45) is 3.36. The van der Waals surface area contributed by atoms with Crippen LogP contribution in [0.1, 0.15) is 36.4 Å². The number of benzene rings is 2. The van der Waals surface area contributed by atoms with Crippen molar-refractivity contribution in [3.8, 4) is 0 Å². The van der Waals surface area contributed by atoms with Crippen LogP contribution in [0.3, 0.4) is 0 Å². The van der Waals surface area contributed by atoms with E-state index in [1.54, 1.807) is 17.0 Å². The third-order valence-electron chi connectivity index (χ3n) is 5.29. The van der Waals surface area contributed by atoms with Gasteiger partial charge in [0.1, 0.15) is 22.9 Å². The zero-order chi connectivity index (χ0) is 19.5. The Kier molecular flexibility index (Phi) is 5.64. The van der Waals surface area contributed by atoms with Gasteiger partial charge in [-0.25, -0.2) is 4.39 Å². The number of carbonyl (C=O) groups excluding carboxylic acids is 1. The summed E-state index contributed by atoms with van der Waals surface area (Å²) in [4.78, 5) is 17.4. The molecule has 7 heteroatoms. The molecule has 5 nitrogen and oxygen atoms in total. The monoisotopic (exact) mass is 398 g/mol. The molecule has 1 amide bonds. The van der Waals surface area contributed by atoms with E-state index in [1.165, 1.54) is 30.3 Å². The van der Waals surface area contributed by atoms with Crippen LogP contribution in [0.2, 0.25) is 0 Å². The van der Waals surface area contributed by atoms with Crippen LogP contribution in [0, 0.1) is 5.82 Å². The number of nitrogens with zero attached hydrogens (tertiary/aromatic N) is 4. The van der Waals surface area contributed by atoms with Crippen molar-refractivity contribution in [1.29, 1.82) is 0 Å². The van der Waals surface area contributed by atoms with E-state index < -0.39 is 0 Å². The summed E-state index contributed by atoms with van der Waals surface area (Å²) < 4.78 is 21.9. The molecule has 0 spiro atoms. The Morgan fingerprint density at radius 1 is 1.11 bits per heavy atom. The number of likely N-dealkylation sites (tertiary alicyclic amines) is 1. The summed E-state index contributed by atoms with van der Waals surface area (Å²) in [6, 6.07) is 11.9. The number of hydrogen-bond donors (Lipinski definition) is 0. The van der Waals surface area contributed by atoms with E-state index in [9.17, 15) is 9.18 Å². The van der Waals surface area contributed by atoms with Crippen molar-refractivity contribution in [2.24, 2.45) is 0 Å². The first-order valence-electron chi connectivity index (χ1n) is 9.57. The largest absolute Gasteiger partial charge is 0.340 e. The van der Waals surface area contributed by atoms with E-state index in [0.29, 0.717) is 6.54 Å². The van der Waals surface area contributed by atoms with Crippen molar-refractivity contribution >= 4 is 28.7 Å². The standard InChI is InChI=1S/C21H23FN4OS/c1-25(14-15-5-10-18-19(13-15)24-28-23-18)21(27)20(26-11-3-2-4-12-26)16-6-8-17(22)9-7-16/h5-10,13,20H,2-4,11-12,14H2,1H3. The average Bonchev–Trinajstić information content (AvgIpc) is 3.18. The SMILES string of the molecule is CN(Cc1ccc2nsnc2c1)C(=O)C(c1ccc(F)cc1)N1CCCCC1. The van der Waals surface area contributed by atoms with Gasteiger partial charge in [-0.3, -0.25) is 9.69 Å². The summed E-state index contributed by atoms with van der Waals surface area (Å²) in [5.41, 5.74) is 3.60. The number of amides is 1. The minimum absolute atomic E-state index is 0.0324. The second-order valence-electron chi connectivity index (χ2n) is 7.33. The van der Waals surface area contributed by atoms with Crippen molar-refractivity contribution in [1.82, 2.24) is 18.5 Å². The van der Waals surface area contributed by atoms with Gasteiger partial charge >= 0.3 is 0 Å². The fourth-order valence-electron chi connectivity index (χ4n) is 3.82. The van der Waals surface area contributed by atoms with Gasteiger partial charge in [-0.15, -0.1) is 0 Å². The number of likely N-dealkylation sites (N-methyl/N-ethyl adjacent to an activating group) is 1. The molecule has 1 unspecified atom stereocenters. The summed E-state index contributed by atoms with van der Waals surface area (Å²) in [5.74, 6) is -0.253. The maximum Gasteiger partial charge on any atom is 0.244 e. The number of piperidine rings is 1. The average molecular weight is 399 g/mol. The molecule has 0 bridgehead atoms. The van der Waals surface area contributed by atoms with Crippen molar-refractivity contribution in [3.05, 3.63) is 59.4 Å². The first-order chi connectivity index (χ1) is 13.6. The first-order valence-corrected chi connectivity index (χ1v) is 10.3. The number of rotatable bonds is 5. The molecule has 0 aliphatic carbocycles. The van der Waals surface area contributed by atoms with Gasteiger partial charge in [0.15, 0.2) is 0 Å². The molecule has 1 saturated heterocycles. The van der Waals surface area contributed by atoms with Crippen molar-refractivity contribution in [2.75, 3.05) is 20.1 Å². The van der Waals surface area contributed by atoms with Crippen LogP contribution in [0.5, 0.6) is 0 Å². The highest BCUT2D eigenvalue weighted by Crippen LogP contribution is 2.27. The predicted octanol–water partition coefficient (Wildman–Crippen LogP) is 4.02. The van der Waals surface area contributed by atoms with Crippen molar-refractivity contribution in [2.45, 2.75) is 31.8 Å². The third-order valence-corrected chi connectivity index (χ3v) is 5.85. The minimum Gasteiger partial charge on any atom is -0.340 e. The Labute approximate surface area is 168 Å². The lowest BCUT2D eigenvalue weighted by atomic mass is 10.00. The zero-order valence-corrected chi connectivity index (χ0v) is 16.7. The van der Waals surface area contributed by atoms with Gasteiger partial charge in [-0.05, 0) is 61.3 Å². The molecule has 0 saturated carbocycles. The lowest BCUT2D eigenvalue weighted by Gasteiger charge is -2.36. The molecule has 0 radical (unpaired) electrons. The van der Waals surface area contributed by atoms with Gasteiger partial charge in [0.05, 0.1) is 11.7 Å². The van der Waals surface area contributed by atoms with E-state index in [0.717, 1.165) is 48.1 Å².